The van der Waals surface area contributed by atoms with E-state index in [1.54, 1.807) is 18.0 Å². The van der Waals surface area contributed by atoms with Crippen LogP contribution in [0.4, 0.5) is 0 Å². The Morgan fingerprint density at radius 1 is 1.10 bits per heavy atom. The van der Waals surface area contributed by atoms with Crippen molar-refractivity contribution in [1.82, 2.24) is 24.5 Å². The molecular weight excluding hydrogens is 382 g/mol. The number of aryl methyl sites for hydroxylation is 3. The predicted molar refractivity (Wildman–Crippen MR) is 115 cm³/mol. The second-order valence-corrected chi connectivity index (χ2v) is 7.83. The van der Waals surface area contributed by atoms with Crippen molar-refractivity contribution in [2.75, 3.05) is 0 Å². The quantitative estimate of drug-likeness (QED) is 0.315. The third-order valence-corrected chi connectivity index (χ3v) is 5.72. The van der Waals surface area contributed by atoms with Gasteiger partial charge in [-0.3, -0.25) is 4.57 Å². The van der Waals surface area contributed by atoms with E-state index in [2.05, 4.69) is 63.7 Å². The molecule has 0 radical (unpaired) electrons. The van der Waals surface area contributed by atoms with E-state index < -0.39 is 0 Å². The zero-order chi connectivity index (χ0) is 20.4. The van der Waals surface area contributed by atoms with Gasteiger partial charge in [-0.05, 0) is 50.6 Å². The lowest BCUT2D eigenvalue weighted by Gasteiger charge is -2.08. The molecule has 4 rings (SSSR count). The Labute approximate surface area is 174 Å². The lowest BCUT2D eigenvalue weighted by atomic mass is 10.2. The zero-order valence-corrected chi connectivity index (χ0v) is 17.6. The van der Waals surface area contributed by atoms with Crippen LogP contribution in [0, 0.1) is 20.8 Å². The average Bonchev–Trinajstić information content (AvgIpc) is 3.39. The summed E-state index contributed by atoms with van der Waals surface area (Å²) in [7, 11) is 0. The van der Waals surface area contributed by atoms with E-state index in [-0.39, 0.29) is 0 Å². The minimum atomic E-state index is 0.645. The van der Waals surface area contributed by atoms with Crippen molar-refractivity contribution < 1.29 is 4.42 Å². The molecular formula is C22H23N5OS. The molecule has 0 unspecified atom stereocenters. The molecule has 0 fully saturated rings. The van der Waals surface area contributed by atoms with Crippen LogP contribution in [0.2, 0.25) is 0 Å². The summed E-state index contributed by atoms with van der Waals surface area (Å²) >= 11 is 1.66. The first-order valence-electron chi connectivity index (χ1n) is 9.40. The summed E-state index contributed by atoms with van der Waals surface area (Å²) in [6.45, 7) is 10.5. The van der Waals surface area contributed by atoms with Gasteiger partial charge in [0.15, 0.2) is 11.0 Å². The van der Waals surface area contributed by atoms with Gasteiger partial charge in [0.05, 0.1) is 23.2 Å². The Morgan fingerprint density at radius 2 is 1.90 bits per heavy atom. The first-order valence-corrected chi connectivity index (χ1v) is 10.4. The SMILES string of the molecule is C=CCn1c(SCc2ccc(-n3nc(C)cc3C)cc2)nnc1-c1ccoc1C. The summed E-state index contributed by atoms with van der Waals surface area (Å²) < 4.78 is 9.46. The Morgan fingerprint density at radius 3 is 2.52 bits per heavy atom. The van der Waals surface area contributed by atoms with Crippen molar-refractivity contribution in [3.63, 3.8) is 0 Å². The monoisotopic (exact) mass is 405 g/mol. The third-order valence-electron chi connectivity index (χ3n) is 4.69. The minimum absolute atomic E-state index is 0.645. The Balaban J connectivity index is 1.52. The van der Waals surface area contributed by atoms with Crippen molar-refractivity contribution >= 4 is 11.8 Å². The topological polar surface area (TPSA) is 61.7 Å². The second kappa shape index (κ2) is 8.13. The van der Waals surface area contributed by atoms with Gasteiger partial charge < -0.3 is 4.42 Å². The summed E-state index contributed by atoms with van der Waals surface area (Å²) in [6, 6.07) is 12.5. The first-order chi connectivity index (χ1) is 14.1. The standard InChI is InChI=1S/C22H23N5OS/c1-5-11-26-21(20-10-12-28-17(20)4)23-24-22(26)29-14-18-6-8-19(9-7-18)27-16(3)13-15(2)25-27/h5-10,12-13H,1,11,14H2,2-4H3. The lowest BCUT2D eigenvalue weighted by Crippen LogP contribution is -2.01. The van der Waals surface area contributed by atoms with Gasteiger partial charge in [0.1, 0.15) is 5.76 Å². The second-order valence-electron chi connectivity index (χ2n) is 6.89. The maximum atomic E-state index is 5.43. The van der Waals surface area contributed by atoms with Crippen LogP contribution in [0.5, 0.6) is 0 Å². The molecule has 4 aromatic rings. The highest BCUT2D eigenvalue weighted by Gasteiger charge is 2.16. The van der Waals surface area contributed by atoms with E-state index in [0.29, 0.717) is 6.54 Å². The molecule has 0 amide bonds. The Bertz CT molecular complexity index is 1140. The molecule has 3 heterocycles. The smallest absolute Gasteiger partial charge is 0.192 e. The fourth-order valence-electron chi connectivity index (χ4n) is 3.28. The zero-order valence-electron chi connectivity index (χ0n) is 16.8. The van der Waals surface area contributed by atoms with E-state index in [9.17, 15) is 0 Å². The maximum absolute atomic E-state index is 5.43. The lowest BCUT2D eigenvalue weighted by molar-refractivity contribution is 0.534. The number of furan rings is 1. The van der Waals surface area contributed by atoms with Gasteiger partial charge in [-0.2, -0.15) is 5.10 Å². The molecule has 0 saturated carbocycles. The van der Waals surface area contributed by atoms with Gasteiger partial charge >= 0.3 is 0 Å². The van der Waals surface area contributed by atoms with E-state index >= 15 is 0 Å². The van der Waals surface area contributed by atoms with Crippen LogP contribution < -0.4 is 0 Å². The normalized spacial score (nSPS) is 11.1. The number of hydrogen-bond acceptors (Lipinski definition) is 5. The number of benzene rings is 1. The molecule has 1 aromatic carbocycles. The summed E-state index contributed by atoms with van der Waals surface area (Å²) in [5.74, 6) is 2.44. The van der Waals surface area contributed by atoms with E-state index in [1.807, 2.05) is 30.7 Å². The number of rotatable bonds is 7. The molecule has 148 valence electrons. The summed E-state index contributed by atoms with van der Waals surface area (Å²) in [4.78, 5) is 0. The highest BCUT2D eigenvalue weighted by Crippen LogP contribution is 2.29. The highest BCUT2D eigenvalue weighted by molar-refractivity contribution is 7.98. The molecule has 3 aromatic heterocycles. The molecule has 0 N–H and O–H groups in total. The van der Waals surface area contributed by atoms with Gasteiger partial charge in [-0.25, -0.2) is 4.68 Å². The van der Waals surface area contributed by atoms with Crippen molar-refractivity contribution in [2.24, 2.45) is 0 Å². The number of nitrogens with zero attached hydrogens (tertiary/aromatic N) is 5. The van der Waals surface area contributed by atoms with Gasteiger partial charge in [-0.1, -0.05) is 30.0 Å². The van der Waals surface area contributed by atoms with Crippen LogP contribution in [-0.2, 0) is 12.3 Å². The predicted octanol–water partition coefficient (Wildman–Crippen LogP) is 5.13. The van der Waals surface area contributed by atoms with E-state index in [4.69, 9.17) is 4.42 Å². The van der Waals surface area contributed by atoms with Crippen LogP contribution in [0.3, 0.4) is 0 Å². The molecule has 0 aliphatic heterocycles. The first kappa shape index (κ1) is 19.3. The maximum Gasteiger partial charge on any atom is 0.192 e. The van der Waals surface area contributed by atoms with Gasteiger partial charge in [0, 0.05) is 18.0 Å². The molecule has 6 nitrogen and oxygen atoms in total. The van der Waals surface area contributed by atoms with E-state index in [1.165, 1.54) is 5.56 Å². The van der Waals surface area contributed by atoms with Gasteiger partial charge in [-0.15, -0.1) is 16.8 Å². The largest absolute Gasteiger partial charge is 0.469 e. The fraction of sp³-hybridized carbons (Fsp3) is 0.227. The average molecular weight is 406 g/mol. The molecule has 29 heavy (non-hydrogen) atoms. The molecule has 0 spiro atoms. The van der Waals surface area contributed by atoms with E-state index in [0.717, 1.165) is 45.1 Å². The minimum Gasteiger partial charge on any atom is -0.469 e. The van der Waals surface area contributed by atoms with Crippen LogP contribution in [0.15, 0.2) is 64.9 Å². The molecule has 0 aliphatic carbocycles. The number of aromatic nitrogens is 5. The van der Waals surface area contributed by atoms with Crippen molar-refractivity contribution in [2.45, 2.75) is 38.2 Å². The summed E-state index contributed by atoms with van der Waals surface area (Å²) in [6.07, 6.45) is 3.53. The highest BCUT2D eigenvalue weighted by atomic mass is 32.2. The van der Waals surface area contributed by atoms with Crippen LogP contribution in [0.1, 0.15) is 22.7 Å². The van der Waals surface area contributed by atoms with Gasteiger partial charge in [0.2, 0.25) is 0 Å². The number of hydrogen-bond donors (Lipinski definition) is 0. The Hall–Kier alpha value is -3.06. The van der Waals surface area contributed by atoms with Crippen molar-refractivity contribution in [3.05, 3.63) is 78.0 Å². The third kappa shape index (κ3) is 3.91. The molecule has 0 aliphatic rings. The molecule has 0 bridgehead atoms. The van der Waals surface area contributed by atoms with Crippen LogP contribution in [0.25, 0.3) is 17.1 Å². The summed E-state index contributed by atoms with van der Waals surface area (Å²) in [5, 5.41) is 14.2. The van der Waals surface area contributed by atoms with Crippen molar-refractivity contribution in [3.8, 4) is 17.1 Å². The Kier molecular flexibility index (Phi) is 5.40. The molecule has 0 atom stereocenters. The van der Waals surface area contributed by atoms with Crippen molar-refractivity contribution in [1.29, 1.82) is 0 Å². The van der Waals surface area contributed by atoms with Crippen LogP contribution >= 0.6 is 11.8 Å². The number of allylic oxidation sites excluding steroid dienone is 1. The molecule has 7 heteroatoms. The van der Waals surface area contributed by atoms with Crippen LogP contribution in [-0.4, -0.2) is 24.5 Å². The number of thioether (sulfide) groups is 1. The van der Waals surface area contributed by atoms with Gasteiger partial charge in [0.25, 0.3) is 0 Å². The summed E-state index contributed by atoms with van der Waals surface area (Å²) in [5.41, 5.74) is 5.39. The molecule has 0 saturated heterocycles. The fourth-order valence-corrected chi connectivity index (χ4v) is 4.18.